The van der Waals surface area contributed by atoms with Crippen LogP contribution in [-0.4, -0.2) is 18.5 Å². The number of hydrogen-bond donors (Lipinski definition) is 2. The first-order valence-electron chi connectivity index (χ1n) is 12.8. The van der Waals surface area contributed by atoms with Crippen LogP contribution in [-0.2, 0) is 0 Å². The van der Waals surface area contributed by atoms with Crippen LogP contribution in [0.1, 0.15) is 20.7 Å². The number of fused-ring (bicyclic) bond motifs is 2. The predicted octanol–water partition coefficient (Wildman–Crippen LogP) is 5.35. The van der Waals surface area contributed by atoms with Gasteiger partial charge in [-0.05, 0) is 24.3 Å². The average molecular weight is 543 g/mol. The van der Waals surface area contributed by atoms with Gasteiger partial charge in [-0.1, -0.05) is 84.9 Å². The van der Waals surface area contributed by atoms with Crippen molar-refractivity contribution in [2.45, 2.75) is 0 Å². The van der Waals surface area contributed by atoms with Crippen LogP contribution in [0.25, 0.3) is 44.6 Å². The fraction of sp³-hybridized carbons (Fsp3) is 0.0303. The van der Waals surface area contributed by atoms with E-state index in [0.29, 0.717) is 22.3 Å². The van der Waals surface area contributed by atoms with E-state index >= 15 is 0 Å². The molecule has 0 saturated heterocycles. The molecule has 0 radical (unpaired) electrons. The van der Waals surface area contributed by atoms with Crippen LogP contribution in [0, 0.1) is 0 Å². The van der Waals surface area contributed by atoms with Crippen LogP contribution in [0.5, 0.6) is 0 Å². The van der Waals surface area contributed by atoms with Gasteiger partial charge in [-0.15, -0.1) is 0 Å². The number of hydrogen-bond acceptors (Lipinski definition) is 6. The Morgan fingerprint density at radius 3 is 1.29 bits per heavy atom. The first-order chi connectivity index (χ1) is 20.0. The van der Waals surface area contributed by atoms with Crippen molar-refractivity contribution in [3.8, 4) is 22.6 Å². The first kappa shape index (κ1) is 25.5. The lowest BCUT2D eigenvalue weighted by molar-refractivity contribution is 0.0918. The molecule has 0 aliphatic carbocycles. The van der Waals surface area contributed by atoms with E-state index in [1.807, 2.05) is 12.1 Å². The van der Waals surface area contributed by atoms with E-state index in [-0.39, 0.29) is 40.1 Å². The minimum absolute atomic E-state index is 0.111. The summed E-state index contributed by atoms with van der Waals surface area (Å²) in [5.74, 6) is -1.26. The molecule has 2 aromatic heterocycles. The second-order valence-electron chi connectivity index (χ2n) is 9.18. The number of amides is 2. The zero-order chi connectivity index (χ0) is 28.3. The van der Waals surface area contributed by atoms with Gasteiger partial charge in [0.25, 0.3) is 11.8 Å². The van der Waals surface area contributed by atoms with Gasteiger partial charge in [0.2, 0.25) is 10.9 Å². The monoisotopic (exact) mass is 542 g/mol. The Labute approximate surface area is 232 Å². The molecule has 6 rings (SSSR count). The van der Waals surface area contributed by atoms with E-state index in [1.54, 1.807) is 97.1 Å². The number of carbonyl (C=O) groups excluding carboxylic acids is 2. The van der Waals surface area contributed by atoms with Gasteiger partial charge in [0, 0.05) is 11.1 Å². The number of nitrogens with one attached hydrogen (secondary N) is 2. The number of carbonyl (C=O) groups is 2. The molecule has 0 unspecified atom stereocenters. The van der Waals surface area contributed by atoms with Crippen molar-refractivity contribution in [3.63, 3.8) is 0 Å². The number of rotatable bonds is 6. The largest absolute Gasteiger partial charge is 0.455 e. The molecule has 8 nitrogen and oxygen atoms in total. The Balaban J connectivity index is 1.32. The van der Waals surface area contributed by atoms with E-state index in [4.69, 9.17) is 8.83 Å². The van der Waals surface area contributed by atoms with Gasteiger partial charge < -0.3 is 19.5 Å². The maximum absolute atomic E-state index is 13.4. The molecule has 4 aromatic carbocycles. The molecule has 0 aliphatic rings. The van der Waals surface area contributed by atoms with Crippen molar-refractivity contribution in [2.75, 3.05) is 6.67 Å². The highest BCUT2D eigenvalue weighted by Crippen LogP contribution is 2.27. The van der Waals surface area contributed by atoms with E-state index in [9.17, 15) is 19.2 Å². The molecule has 6 aromatic rings. The third kappa shape index (κ3) is 4.79. The third-order valence-corrected chi connectivity index (χ3v) is 6.62. The maximum Gasteiger partial charge on any atom is 0.260 e. The average Bonchev–Trinajstić information content (AvgIpc) is 3.01. The Bertz CT molecular complexity index is 1900. The van der Waals surface area contributed by atoms with Crippen molar-refractivity contribution < 1.29 is 18.4 Å². The number of para-hydroxylation sites is 2. The van der Waals surface area contributed by atoms with Crippen LogP contribution in [0.15, 0.2) is 128 Å². The summed E-state index contributed by atoms with van der Waals surface area (Å²) in [6.45, 7) is -0.362. The molecule has 0 spiro atoms. The molecule has 41 heavy (non-hydrogen) atoms. The van der Waals surface area contributed by atoms with Gasteiger partial charge in [-0.2, -0.15) is 0 Å². The summed E-state index contributed by atoms with van der Waals surface area (Å²) >= 11 is 0. The molecular formula is C33H22N2O6. The minimum Gasteiger partial charge on any atom is -0.455 e. The third-order valence-electron chi connectivity index (χ3n) is 6.62. The maximum atomic E-state index is 13.4. The summed E-state index contributed by atoms with van der Waals surface area (Å²) in [6, 6.07) is 30.9. The number of benzene rings is 4. The molecule has 200 valence electrons. The lowest BCUT2D eigenvalue weighted by atomic mass is 10.0. The zero-order valence-electron chi connectivity index (χ0n) is 21.5. The van der Waals surface area contributed by atoms with Crippen LogP contribution in [0.4, 0.5) is 0 Å². The fourth-order valence-corrected chi connectivity index (χ4v) is 4.66. The Kier molecular flexibility index (Phi) is 6.71. The standard InChI is InChI=1S/C33H22N2O6/c36-28-22-15-7-9-17-24(22)40-30(20-11-3-1-4-12-20)26(28)32(38)34-19-35-33(39)27-29(37)23-16-8-10-18-25(23)41-31(27)21-13-5-2-6-14-21/h1-18H,19H2,(H,34,38)(H,35,39). The summed E-state index contributed by atoms with van der Waals surface area (Å²) in [6.07, 6.45) is 0. The van der Waals surface area contributed by atoms with E-state index < -0.39 is 22.7 Å². The molecule has 2 N–H and O–H groups in total. The molecule has 0 fully saturated rings. The van der Waals surface area contributed by atoms with Gasteiger partial charge in [0.15, 0.2) is 11.5 Å². The lowest BCUT2D eigenvalue weighted by Crippen LogP contribution is -2.40. The minimum atomic E-state index is -0.738. The Hall–Kier alpha value is -5.76. The first-order valence-corrected chi connectivity index (χ1v) is 12.8. The molecule has 2 heterocycles. The van der Waals surface area contributed by atoms with E-state index in [0.717, 1.165) is 0 Å². The molecular weight excluding hydrogens is 520 g/mol. The highest BCUT2D eigenvalue weighted by Gasteiger charge is 2.24. The fourth-order valence-electron chi connectivity index (χ4n) is 4.66. The van der Waals surface area contributed by atoms with Crippen molar-refractivity contribution in [2.24, 2.45) is 0 Å². The smallest absolute Gasteiger partial charge is 0.260 e. The van der Waals surface area contributed by atoms with Crippen LogP contribution in [0.2, 0.25) is 0 Å². The molecule has 8 heteroatoms. The normalized spacial score (nSPS) is 10.9. The highest BCUT2D eigenvalue weighted by molar-refractivity contribution is 6.04. The van der Waals surface area contributed by atoms with Crippen molar-refractivity contribution in [3.05, 3.63) is 141 Å². The van der Waals surface area contributed by atoms with Gasteiger partial charge in [-0.3, -0.25) is 19.2 Å². The summed E-state index contributed by atoms with van der Waals surface area (Å²) < 4.78 is 12.0. The van der Waals surface area contributed by atoms with E-state index in [2.05, 4.69) is 10.6 Å². The lowest BCUT2D eigenvalue weighted by Gasteiger charge is -2.13. The van der Waals surface area contributed by atoms with Gasteiger partial charge in [0.1, 0.15) is 22.3 Å². The van der Waals surface area contributed by atoms with Crippen molar-refractivity contribution in [1.82, 2.24) is 10.6 Å². The highest BCUT2D eigenvalue weighted by atomic mass is 16.3. The molecule has 0 atom stereocenters. The van der Waals surface area contributed by atoms with Crippen LogP contribution < -0.4 is 21.5 Å². The summed E-state index contributed by atoms with van der Waals surface area (Å²) in [5.41, 5.74) is 0.387. The predicted molar refractivity (Wildman–Crippen MR) is 156 cm³/mol. The molecule has 0 bridgehead atoms. The van der Waals surface area contributed by atoms with Gasteiger partial charge in [-0.25, -0.2) is 0 Å². The molecule has 2 amide bonds. The second-order valence-corrected chi connectivity index (χ2v) is 9.18. The molecule has 0 saturated carbocycles. The second kappa shape index (κ2) is 10.8. The summed E-state index contributed by atoms with van der Waals surface area (Å²) in [4.78, 5) is 53.5. The Morgan fingerprint density at radius 1 is 0.512 bits per heavy atom. The summed E-state index contributed by atoms with van der Waals surface area (Å²) in [5, 5.41) is 5.64. The summed E-state index contributed by atoms with van der Waals surface area (Å²) in [7, 11) is 0. The molecule has 0 aliphatic heterocycles. The van der Waals surface area contributed by atoms with Crippen LogP contribution >= 0.6 is 0 Å². The van der Waals surface area contributed by atoms with Crippen LogP contribution in [0.3, 0.4) is 0 Å². The Morgan fingerprint density at radius 2 is 0.878 bits per heavy atom. The SMILES string of the molecule is O=C(NCNC(=O)c1c(-c2ccccc2)oc2ccccc2c1=O)c1c(-c2ccccc2)oc2ccccc2c1=O. The quantitative estimate of drug-likeness (QED) is 0.274. The zero-order valence-corrected chi connectivity index (χ0v) is 21.5. The van der Waals surface area contributed by atoms with Crippen molar-refractivity contribution in [1.29, 1.82) is 0 Å². The van der Waals surface area contributed by atoms with E-state index in [1.165, 1.54) is 0 Å². The van der Waals surface area contributed by atoms with Gasteiger partial charge in [0.05, 0.1) is 17.4 Å². The van der Waals surface area contributed by atoms with Gasteiger partial charge >= 0.3 is 0 Å². The topological polar surface area (TPSA) is 119 Å². The van der Waals surface area contributed by atoms with Crippen molar-refractivity contribution >= 4 is 33.8 Å².